The van der Waals surface area contributed by atoms with Crippen LogP contribution in [0, 0.1) is 11.8 Å². The highest BCUT2D eigenvalue weighted by Gasteiger charge is 2.16. The standard InChI is InChI=1S/C12H13N3OS.HI/c1-3-4-8-16-12-11(13-17-14-12)10-6-5-7-15(2)9-10;/h5-7H,8-9H2,1-2H3;1H. The Morgan fingerprint density at radius 1 is 1.50 bits per heavy atom. The monoisotopic (exact) mass is 375 g/mol. The number of aromatic nitrogens is 2. The third kappa shape index (κ3) is 3.71. The molecule has 2 rings (SSSR count). The Hall–Kier alpha value is -1.07. The molecule has 0 bridgehead atoms. The predicted molar refractivity (Wildman–Crippen MR) is 84.0 cm³/mol. The lowest BCUT2D eigenvalue weighted by molar-refractivity contribution is 0.357. The van der Waals surface area contributed by atoms with Gasteiger partial charge in [0.05, 0.1) is 11.7 Å². The number of halogens is 1. The predicted octanol–water partition coefficient (Wildman–Crippen LogP) is 2.40. The second kappa shape index (κ2) is 7.38. The summed E-state index contributed by atoms with van der Waals surface area (Å²) < 4.78 is 13.9. The largest absolute Gasteiger partial charge is 0.462 e. The number of ether oxygens (including phenoxy) is 1. The Kier molecular flexibility index (Phi) is 6.15. The van der Waals surface area contributed by atoms with E-state index in [-0.39, 0.29) is 24.0 Å². The van der Waals surface area contributed by atoms with E-state index in [9.17, 15) is 0 Å². The fourth-order valence-electron chi connectivity index (χ4n) is 1.48. The van der Waals surface area contributed by atoms with Gasteiger partial charge in [-0.2, -0.15) is 4.37 Å². The van der Waals surface area contributed by atoms with Gasteiger partial charge in [0, 0.05) is 19.2 Å². The summed E-state index contributed by atoms with van der Waals surface area (Å²) in [4.78, 5) is 2.09. The lowest BCUT2D eigenvalue weighted by Gasteiger charge is -2.18. The number of hydrogen-bond donors (Lipinski definition) is 0. The summed E-state index contributed by atoms with van der Waals surface area (Å²) in [6, 6.07) is 0. The van der Waals surface area contributed by atoms with Gasteiger partial charge in [0.1, 0.15) is 5.69 Å². The molecule has 0 saturated carbocycles. The summed E-state index contributed by atoms with van der Waals surface area (Å²) in [6.45, 7) is 2.96. The van der Waals surface area contributed by atoms with E-state index in [1.54, 1.807) is 6.92 Å². The second-order valence-electron chi connectivity index (χ2n) is 3.58. The lowest BCUT2D eigenvalue weighted by Crippen LogP contribution is -2.16. The summed E-state index contributed by atoms with van der Waals surface area (Å²) in [6.07, 6.45) is 6.05. The Bertz CT molecular complexity index is 513. The maximum atomic E-state index is 5.49. The van der Waals surface area contributed by atoms with Gasteiger partial charge in [0.2, 0.25) is 0 Å². The Morgan fingerprint density at radius 3 is 3.06 bits per heavy atom. The van der Waals surface area contributed by atoms with E-state index in [4.69, 9.17) is 4.74 Å². The van der Waals surface area contributed by atoms with Crippen molar-refractivity contribution in [3.05, 3.63) is 24.0 Å². The first-order valence-electron chi connectivity index (χ1n) is 5.24. The minimum absolute atomic E-state index is 0. The number of allylic oxidation sites excluding steroid dienone is 2. The molecule has 0 unspecified atom stereocenters. The zero-order valence-electron chi connectivity index (χ0n) is 10.2. The molecule has 96 valence electrons. The van der Waals surface area contributed by atoms with Crippen LogP contribution < -0.4 is 4.74 Å². The molecule has 0 amide bonds. The van der Waals surface area contributed by atoms with Crippen LogP contribution in [-0.2, 0) is 0 Å². The smallest absolute Gasteiger partial charge is 0.254 e. The van der Waals surface area contributed by atoms with E-state index in [1.807, 2.05) is 25.4 Å². The normalized spacial score (nSPS) is 13.2. The van der Waals surface area contributed by atoms with Gasteiger partial charge < -0.3 is 9.64 Å². The average molecular weight is 375 g/mol. The molecule has 0 spiro atoms. The Morgan fingerprint density at radius 2 is 2.33 bits per heavy atom. The molecule has 1 aromatic heterocycles. The van der Waals surface area contributed by atoms with E-state index in [1.165, 1.54) is 0 Å². The molecule has 0 radical (unpaired) electrons. The summed E-state index contributed by atoms with van der Waals surface area (Å²) in [5, 5.41) is 0. The molecule has 1 aliphatic rings. The average Bonchev–Trinajstić information content (AvgIpc) is 2.78. The van der Waals surface area contributed by atoms with E-state index >= 15 is 0 Å². The molecule has 0 N–H and O–H groups in total. The maximum Gasteiger partial charge on any atom is 0.254 e. The first kappa shape index (κ1) is 15.0. The maximum absolute atomic E-state index is 5.49. The van der Waals surface area contributed by atoms with Crippen molar-refractivity contribution < 1.29 is 4.74 Å². The van der Waals surface area contributed by atoms with Crippen LogP contribution in [0.3, 0.4) is 0 Å². The van der Waals surface area contributed by atoms with Gasteiger partial charge in [0.15, 0.2) is 6.61 Å². The minimum atomic E-state index is 0. The second-order valence-corrected chi connectivity index (χ2v) is 4.11. The van der Waals surface area contributed by atoms with Crippen molar-refractivity contribution in [2.75, 3.05) is 20.2 Å². The van der Waals surface area contributed by atoms with Gasteiger partial charge in [-0.3, -0.25) is 0 Å². The molecule has 18 heavy (non-hydrogen) atoms. The fourth-order valence-corrected chi connectivity index (χ4v) is 2.01. The van der Waals surface area contributed by atoms with Crippen LogP contribution in [0.2, 0.25) is 0 Å². The zero-order valence-corrected chi connectivity index (χ0v) is 13.4. The van der Waals surface area contributed by atoms with Crippen molar-refractivity contribution >= 4 is 41.3 Å². The molecule has 4 nitrogen and oxygen atoms in total. The van der Waals surface area contributed by atoms with Crippen molar-refractivity contribution in [2.45, 2.75) is 6.92 Å². The molecule has 0 atom stereocenters. The quantitative estimate of drug-likeness (QED) is 0.601. The number of rotatable bonds is 3. The van der Waals surface area contributed by atoms with E-state index in [2.05, 4.69) is 25.5 Å². The molecular formula is C12H14IN3OS. The van der Waals surface area contributed by atoms with E-state index in [0.29, 0.717) is 12.5 Å². The van der Waals surface area contributed by atoms with Crippen LogP contribution in [0.25, 0.3) is 5.57 Å². The van der Waals surface area contributed by atoms with Crippen LogP contribution in [0.15, 0.2) is 18.4 Å². The van der Waals surface area contributed by atoms with Crippen LogP contribution in [-0.4, -0.2) is 33.8 Å². The third-order valence-electron chi connectivity index (χ3n) is 2.28. The fraction of sp³-hybridized carbons (Fsp3) is 0.333. The van der Waals surface area contributed by atoms with Gasteiger partial charge in [0.25, 0.3) is 5.88 Å². The Labute approximate surface area is 128 Å². The van der Waals surface area contributed by atoms with Gasteiger partial charge in [-0.25, -0.2) is 0 Å². The van der Waals surface area contributed by atoms with Crippen molar-refractivity contribution in [1.29, 1.82) is 0 Å². The minimum Gasteiger partial charge on any atom is -0.462 e. The first-order valence-corrected chi connectivity index (χ1v) is 5.97. The molecular weight excluding hydrogens is 361 g/mol. The van der Waals surface area contributed by atoms with Crippen LogP contribution in [0.1, 0.15) is 12.6 Å². The lowest BCUT2D eigenvalue weighted by atomic mass is 10.1. The molecule has 0 aromatic carbocycles. The third-order valence-corrected chi connectivity index (χ3v) is 2.79. The molecule has 0 aliphatic carbocycles. The molecule has 0 saturated heterocycles. The summed E-state index contributed by atoms with van der Waals surface area (Å²) in [5.74, 6) is 6.21. The van der Waals surface area contributed by atoms with Crippen LogP contribution in [0.5, 0.6) is 5.88 Å². The summed E-state index contributed by atoms with van der Waals surface area (Å²) >= 11 is 1.16. The number of hydrogen-bond acceptors (Lipinski definition) is 5. The molecule has 1 aromatic rings. The van der Waals surface area contributed by atoms with Crippen molar-refractivity contribution in [3.8, 4) is 17.7 Å². The summed E-state index contributed by atoms with van der Waals surface area (Å²) in [5.41, 5.74) is 1.94. The molecule has 2 heterocycles. The SMILES string of the molecule is CC#CCOc1nsnc1C1=CC=CN(C)C1.I. The number of likely N-dealkylation sites (N-methyl/N-ethyl adjacent to an activating group) is 1. The zero-order chi connectivity index (χ0) is 12.1. The van der Waals surface area contributed by atoms with Crippen LogP contribution >= 0.6 is 35.7 Å². The van der Waals surface area contributed by atoms with E-state index < -0.39 is 0 Å². The Balaban J connectivity index is 0.00000162. The highest BCUT2D eigenvalue weighted by molar-refractivity contribution is 14.0. The van der Waals surface area contributed by atoms with E-state index in [0.717, 1.165) is 29.5 Å². The molecule has 1 aliphatic heterocycles. The van der Waals surface area contributed by atoms with Gasteiger partial charge >= 0.3 is 0 Å². The molecule has 6 heteroatoms. The van der Waals surface area contributed by atoms with Crippen LogP contribution in [0.4, 0.5) is 0 Å². The van der Waals surface area contributed by atoms with Crippen molar-refractivity contribution in [2.24, 2.45) is 0 Å². The number of nitrogens with zero attached hydrogens (tertiary/aromatic N) is 3. The summed E-state index contributed by atoms with van der Waals surface area (Å²) in [7, 11) is 2.02. The van der Waals surface area contributed by atoms with Gasteiger partial charge in [-0.1, -0.05) is 12.0 Å². The first-order chi connectivity index (χ1) is 8.31. The van der Waals surface area contributed by atoms with Gasteiger partial charge in [-0.05, 0) is 19.2 Å². The van der Waals surface area contributed by atoms with Crippen molar-refractivity contribution in [3.63, 3.8) is 0 Å². The highest BCUT2D eigenvalue weighted by Crippen LogP contribution is 2.26. The van der Waals surface area contributed by atoms with Gasteiger partial charge in [-0.15, -0.1) is 34.3 Å². The molecule has 0 fully saturated rings. The topological polar surface area (TPSA) is 38.3 Å². The highest BCUT2D eigenvalue weighted by atomic mass is 127. The van der Waals surface area contributed by atoms with Crippen molar-refractivity contribution in [1.82, 2.24) is 13.6 Å².